The molecule has 1 aromatic carbocycles. The van der Waals surface area contributed by atoms with Crippen LogP contribution in [0.25, 0.3) is 17.0 Å². The van der Waals surface area contributed by atoms with Gasteiger partial charge in [-0.3, -0.25) is 0 Å². The van der Waals surface area contributed by atoms with Crippen LogP contribution in [0.2, 0.25) is 0 Å². The lowest BCUT2D eigenvalue weighted by molar-refractivity contribution is -0.141. The Hall–Kier alpha value is -3.23. The molecule has 1 aliphatic rings. The van der Waals surface area contributed by atoms with Crippen LogP contribution in [-0.2, 0) is 12.6 Å². The molecular weight excluding hydrogens is 335 g/mol. The number of rotatable bonds is 2. The van der Waals surface area contributed by atoms with Crippen molar-refractivity contribution >= 4 is 11.6 Å². The number of anilines is 1. The van der Waals surface area contributed by atoms with Gasteiger partial charge in [0.05, 0.1) is 0 Å². The second-order valence-electron chi connectivity index (χ2n) is 5.40. The Morgan fingerprint density at radius 2 is 1.96 bits per heavy atom. The summed E-state index contributed by atoms with van der Waals surface area (Å²) in [6, 6.07) is 6.17. The summed E-state index contributed by atoms with van der Waals surface area (Å²) in [5.74, 6) is 0.257. The number of nitrogens with two attached hydrogens (primary N) is 1. The zero-order valence-corrected chi connectivity index (χ0v) is 12.6. The molecule has 0 radical (unpaired) electrons. The molecule has 4 rings (SSSR count). The molecule has 2 N–H and O–H groups in total. The number of hydrogen-bond donors (Lipinski definition) is 1. The first-order valence-electron chi connectivity index (χ1n) is 7.25. The summed E-state index contributed by atoms with van der Waals surface area (Å²) in [6.07, 6.45) is -1.04. The number of halogens is 3. The number of aromatic nitrogens is 4. The summed E-state index contributed by atoms with van der Waals surface area (Å²) in [5, 5.41) is 7.41. The predicted octanol–water partition coefficient (Wildman–Crippen LogP) is 3.12. The summed E-state index contributed by atoms with van der Waals surface area (Å²) in [5.41, 5.74) is 7.28. The van der Waals surface area contributed by atoms with Crippen molar-refractivity contribution in [1.29, 1.82) is 0 Å². The maximum absolute atomic E-state index is 12.9. The normalized spacial score (nSPS) is 13.6. The third-order valence-corrected chi connectivity index (χ3v) is 3.80. The van der Waals surface area contributed by atoms with Crippen molar-refractivity contribution in [2.24, 2.45) is 0 Å². The van der Waals surface area contributed by atoms with Crippen LogP contribution in [-0.4, -0.2) is 20.2 Å². The Balaban J connectivity index is 1.77. The van der Waals surface area contributed by atoms with E-state index in [0.29, 0.717) is 17.6 Å². The third kappa shape index (κ3) is 2.73. The van der Waals surface area contributed by atoms with Gasteiger partial charge < -0.3 is 10.2 Å². The lowest BCUT2D eigenvalue weighted by Crippen LogP contribution is -2.10. The second-order valence-corrected chi connectivity index (χ2v) is 5.40. The molecule has 0 bridgehead atoms. The Morgan fingerprint density at radius 1 is 1.12 bits per heavy atom. The first kappa shape index (κ1) is 15.3. The average molecular weight is 345 g/mol. The van der Waals surface area contributed by atoms with E-state index in [2.05, 4.69) is 20.2 Å². The van der Waals surface area contributed by atoms with Gasteiger partial charge in [-0.2, -0.15) is 13.2 Å². The van der Waals surface area contributed by atoms with Gasteiger partial charge in [-0.1, -0.05) is 17.2 Å². The van der Waals surface area contributed by atoms with E-state index in [9.17, 15) is 13.2 Å². The Kier molecular flexibility index (Phi) is 3.31. The fraction of sp³-hybridized carbons (Fsp3) is 0.125. The molecule has 0 unspecified atom stereocenters. The topological polar surface area (TPSA) is 90.7 Å². The molecule has 0 saturated heterocycles. The molecule has 0 atom stereocenters. The van der Waals surface area contributed by atoms with E-state index in [-0.39, 0.29) is 17.7 Å². The summed E-state index contributed by atoms with van der Waals surface area (Å²) in [4.78, 5) is 7.65. The SMILES string of the molecule is Nc1nnc(-c2ccc3c(c2)C(c2nccc(C(F)(F)F)n2)=CC3)o1. The Bertz CT molecular complexity index is 993. The van der Waals surface area contributed by atoms with Crippen molar-refractivity contribution in [3.63, 3.8) is 0 Å². The van der Waals surface area contributed by atoms with E-state index in [1.807, 2.05) is 6.07 Å². The standard InChI is InChI=1S/C16H10F3N5O/c17-16(18,19)12-5-6-21-13(22-12)10-4-3-8-1-2-9(7-11(8)10)14-23-24-15(20)25-14/h1-2,4-7H,3H2,(H2,20,24). The number of hydrogen-bond acceptors (Lipinski definition) is 6. The molecular formula is C16H10F3N5O. The van der Waals surface area contributed by atoms with E-state index in [0.717, 1.165) is 23.4 Å². The molecule has 0 spiro atoms. The molecule has 2 aromatic heterocycles. The molecule has 0 amide bonds. The van der Waals surface area contributed by atoms with Gasteiger partial charge in [0.2, 0.25) is 5.89 Å². The monoisotopic (exact) mass is 345 g/mol. The second kappa shape index (κ2) is 5.40. The van der Waals surface area contributed by atoms with Gasteiger partial charge in [-0.15, -0.1) is 5.10 Å². The highest BCUT2D eigenvalue weighted by Gasteiger charge is 2.33. The van der Waals surface area contributed by atoms with Crippen molar-refractivity contribution in [3.8, 4) is 11.5 Å². The first-order valence-corrected chi connectivity index (χ1v) is 7.25. The van der Waals surface area contributed by atoms with Crippen molar-refractivity contribution in [2.75, 3.05) is 5.73 Å². The molecule has 9 heteroatoms. The van der Waals surface area contributed by atoms with E-state index < -0.39 is 11.9 Å². The molecule has 1 aliphatic carbocycles. The van der Waals surface area contributed by atoms with Gasteiger partial charge in [0, 0.05) is 17.3 Å². The number of alkyl halides is 3. The number of fused-ring (bicyclic) bond motifs is 1. The minimum atomic E-state index is -4.52. The highest BCUT2D eigenvalue weighted by molar-refractivity contribution is 5.83. The van der Waals surface area contributed by atoms with E-state index in [4.69, 9.17) is 10.2 Å². The largest absolute Gasteiger partial charge is 0.433 e. The fourth-order valence-electron chi connectivity index (χ4n) is 2.67. The Morgan fingerprint density at radius 3 is 2.68 bits per heavy atom. The number of allylic oxidation sites excluding steroid dienone is 1. The zero-order chi connectivity index (χ0) is 17.6. The quantitative estimate of drug-likeness (QED) is 0.767. The van der Waals surface area contributed by atoms with Crippen molar-refractivity contribution in [2.45, 2.75) is 12.6 Å². The highest BCUT2D eigenvalue weighted by Crippen LogP contribution is 2.35. The van der Waals surface area contributed by atoms with Crippen LogP contribution in [0.5, 0.6) is 0 Å². The van der Waals surface area contributed by atoms with Crippen molar-refractivity contribution < 1.29 is 17.6 Å². The minimum absolute atomic E-state index is 0.0239. The summed E-state index contributed by atoms with van der Waals surface area (Å²) in [7, 11) is 0. The average Bonchev–Trinajstić information content (AvgIpc) is 3.19. The van der Waals surface area contributed by atoms with Crippen LogP contribution < -0.4 is 5.73 Å². The lowest BCUT2D eigenvalue weighted by atomic mass is 10.0. The van der Waals surface area contributed by atoms with Gasteiger partial charge >= 0.3 is 12.2 Å². The smallest absolute Gasteiger partial charge is 0.404 e. The third-order valence-electron chi connectivity index (χ3n) is 3.80. The lowest BCUT2D eigenvalue weighted by Gasteiger charge is -2.09. The number of benzene rings is 1. The van der Waals surface area contributed by atoms with E-state index >= 15 is 0 Å². The highest BCUT2D eigenvalue weighted by atomic mass is 19.4. The number of nitrogens with zero attached hydrogens (tertiary/aromatic N) is 4. The first-order chi connectivity index (χ1) is 11.9. The molecule has 0 fully saturated rings. The van der Waals surface area contributed by atoms with Gasteiger partial charge in [-0.05, 0) is 35.7 Å². The molecule has 3 aromatic rings. The van der Waals surface area contributed by atoms with Crippen molar-refractivity contribution in [3.05, 3.63) is 59.2 Å². The zero-order valence-electron chi connectivity index (χ0n) is 12.6. The summed E-state index contributed by atoms with van der Waals surface area (Å²) >= 11 is 0. The van der Waals surface area contributed by atoms with Crippen LogP contribution in [0.3, 0.4) is 0 Å². The van der Waals surface area contributed by atoms with E-state index in [1.165, 1.54) is 0 Å². The molecule has 0 aliphatic heterocycles. The van der Waals surface area contributed by atoms with Gasteiger partial charge in [0.25, 0.3) is 0 Å². The van der Waals surface area contributed by atoms with Crippen molar-refractivity contribution in [1.82, 2.24) is 20.2 Å². The molecule has 126 valence electrons. The fourth-order valence-corrected chi connectivity index (χ4v) is 2.67. The minimum Gasteiger partial charge on any atom is -0.404 e. The maximum Gasteiger partial charge on any atom is 0.433 e. The van der Waals surface area contributed by atoms with Crippen LogP contribution in [0.15, 0.2) is 41.0 Å². The number of nitrogen functional groups attached to an aromatic ring is 1. The van der Waals surface area contributed by atoms with Crippen LogP contribution in [0, 0.1) is 0 Å². The molecule has 25 heavy (non-hydrogen) atoms. The summed E-state index contributed by atoms with van der Waals surface area (Å²) in [6.45, 7) is 0. The maximum atomic E-state index is 12.9. The van der Waals surface area contributed by atoms with Crippen LogP contribution >= 0.6 is 0 Å². The Labute approximate surface area is 139 Å². The van der Waals surface area contributed by atoms with Crippen LogP contribution in [0.4, 0.5) is 19.2 Å². The molecule has 2 heterocycles. The molecule has 0 saturated carbocycles. The van der Waals surface area contributed by atoms with Gasteiger partial charge in [-0.25, -0.2) is 9.97 Å². The molecule has 6 nitrogen and oxygen atoms in total. The van der Waals surface area contributed by atoms with Crippen LogP contribution in [0.1, 0.15) is 22.6 Å². The van der Waals surface area contributed by atoms with Gasteiger partial charge in [0.1, 0.15) is 5.69 Å². The summed E-state index contributed by atoms with van der Waals surface area (Å²) < 4.78 is 43.9. The predicted molar refractivity (Wildman–Crippen MR) is 82.0 cm³/mol. The van der Waals surface area contributed by atoms with Gasteiger partial charge in [0.15, 0.2) is 5.82 Å². The van der Waals surface area contributed by atoms with E-state index in [1.54, 1.807) is 18.2 Å².